The van der Waals surface area contributed by atoms with Crippen LogP contribution in [0.15, 0.2) is 59.6 Å². The lowest BCUT2D eigenvalue weighted by molar-refractivity contribution is -0.142. The fourth-order valence-corrected chi connectivity index (χ4v) is 4.18. The summed E-state index contributed by atoms with van der Waals surface area (Å²) in [5, 5.41) is 26.6. The first-order valence-electron chi connectivity index (χ1n) is 13.9. The number of guanidine groups is 1. The van der Waals surface area contributed by atoms with Crippen LogP contribution in [-0.2, 0) is 36.8 Å². The second-order valence-corrected chi connectivity index (χ2v) is 10.1. The van der Waals surface area contributed by atoms with E-state index in [1.165, 1.54) is 12.1 Å². The lowest BCUT2D eigenvalue weighted by atomic mass is 10.0. The molecule has 44 heavy (non-hydrogen) atoms. The number of carboxylic acids is 1. The number of nitrogens with two attached hydrogens (primary N) is 4. The fourth-order valence-electron chi connectivity index (χ4n) is 4.18. The number of aliphatic carboxylic acids is 1. The molecule has 4 unspecified atom stereocenters. The van der Waals surface area contributed by atoms with Gasteiger partial charge < -0.3 is 49.1 Å². The van der Waals surface area contributed by atoms with Crippen LogP contribution in [-0.4, -0.2) is 76.5 Å². The molecule has 15 nitrogen and oxygen atoms in total. The average Bonchev–Trinajstić information content (AvgIpc) is 2.97. The number of hydrogen-bond donors (Lipinski definition) is 9. The molecule has 4 atom stereocenters. The van der Waals surface area contributed by atoms with E-state index in [0.29, 0.717) is 11.1 Å². The van der Waals surface area contributed by atoms with Crippen LogP contribution in [0.25, 0.3) is 0 Å². The Kier molecular flexibility index (Phi) is 14.1. The summed E-state index contributed by atoms with van der Waals surface area (Å²) in [4.78, 5) is 66.8. The van der Waals surface area contributed by atoms with E-state index in [9.17, 15) is 34.2 Å². The molecule has 0 aliphatic rings. The number of carbonyl (C=O) groups is 5. The Bertz CT molecular complexity index is 1300. The molecule has 0 aromatic heterocycles. The number of aliphatic imine (C=N–C) groups is 1. The summed E-state index contributed by atoms with van der Waals surface area (Å²) < 4.78 is 0. The number of amides is 4. The Morgan fingerprint density at radius 2 is 1.30 bits per heavy atom. The molecule has 238 valence electrons. The van der Waals surface area contributed by atoms with Gasteiger partial charge in [0.25, 0.3) is 0 Å². The zero-order chi connectivity index (χ0) is 32.6. The molecule has 13 N–H and O–H groups in total. The van der Waals surface area contributed by atoms with Gasteiger partial charge >= 0.3 is 5.97 Å². The molecule has 0 spiro atoms. The lowest BCUT2D eigenvalue weighted by Gasteiger charge is -2.25. The summed E-state index contributed by atoms with van der Waals surface area (Å²) in [6.07, 6.45) is -0.122. The predicted molar refractivity (Wildman–Crippen MR) is 162 cm³/mol. The van der Waals surface area contributed by atoms with Gasteiger partial charge in [-0.1, -0.05) is 42.5 Å². The van der Waals surface area contributed by atoms with Crippen molar-refractivity contribution < 1.29 is 34.2 Å². The molecule has 0 heterocycles. The molecule has 0 fully saturated rings. The molecule has 0 bridgehead atoms. The predicted octanol–water partition coefficient (Wildman–Crippen LogP) is -1.64. The minimum atomic E-state index is -1.35. The van der Waals surface area contributed by atoms with E-state index in [0.717, 1.165) is 0 Å². The van der Waals surface area contributed by atoms with Crippen molar-refractivity contribution in [1.82, 2.24) is 16.0 Å². The fraction of sp³-hybridized carbons (Fsp3) is 0.379. The number of rotatable bonds is 18. The number of benzene rings is 2. The summed E-state index contributed by atoms with van der Waals surface area (Å²) in [6.45, 7) is 0.138. The van der Waals surface area contributed by atoms with Crippen LogP contribution in [0, 0.1) is 0 Å². The maximum Gasteiger partial charge on any atom is 0.326 e. The van der Waals surface area contributed by atoms with Crippen LogP contribution in [0.1, 0.15) is 36.8 Å². The molecule has 0 saturated heterocycles. The standard InChI is InChI=1S/C29H40N8O7/c30-20(15-18-8-10-19(38)11-9-18)25(40)37-23(16-17-5-2-1-3-6-17)27(42)35-21(12-13-24(31)39)26(41)36-22(28(43)44)7-4-14-34-29(32)33/h1-3,5-6,8-11,20-23,38H,4,7,12-16,30H2,(H2,31,39)(H,35,42)(H,36,41)(H,37,40)(H,43,44)(H4,32,33,34). The molecular weight excluding hydrogens is 572 g/mol. The van der Waals surface area contributed by atoms with Crippen molar-refractivity contribution in [2.45, 2.75) is 62.7 Å². The van der Waals surface area contributed by atoms with Crippen LogP contribution in [0.2, 0.25) is 0 Å². The maximum atomic E-state index is 13.5. The third-order valence-corrected chi connectivity index (χ3v) is 6.52. The summed E-state index contributed by atoms with van der Waals surface area (Å²) in [6, 6.07) is 10.0. The highest BCUT2D eigenvalue weighted by Crippen LogP contribution is 2.12. The molecule has 4 amide bonds. The van der Waals surface area contributed by atoms with E-state index in [-0.39, 0.29) is 56.8 Å². The number of nitrogens with zero attached hydrogens (tertiary/aromatic N) is 1. The van der Waals surface area contributed by atoms with Gasteiger partial charge in [-0.25, -0.2) is 4.79 Å². The summed E-state index contributed by atoms with van der Waals surface area (Å²) in [7, 11) is 0. The first-order chi connectivity index (χ1) is 20.8. The van der Waals surface area contributed by atoms with Crippen molar-refractivity contribution >= 4 is 35.6 Å². The second kappa shape index (κ2) is 17.7. The van der Waals surface area contributed by atoms with Crippen molar-refractivity contribution in [3.63, 3.8) is 0 Å². The maximum absolute atomic E-state index is 13.5. The summed E-state index contributed by atoms with van der Waals surface area (Å²) in [5.41, 5.74) is 23.3. The van der Waals surface area contributed by atoms with Gasteiger partial charge in [-0.2, -0.15) is 0 Å². The van der Waals surface area contributed by atoms with Gasteiger partial charge in [0, 0.05) is 19.4 Å². The van der Waals surface area contributed by atoms with Gasteiger partial charge in [0.1, 0.15) is 23.9 Å². The zero-order valence-corrected chi connectivity index (χ0v) is 24.1. The smallest absolute Gasteiger partial charge is 0.326 e. The van der Waals surface area contributed by atoms with Gasteiger partial charge in [-0.05, 0) is 48.9 Å². The Morgan fingerprint density at radius 3 is 1.89 bits per heavy atom. The number of phenols is 1. The second-order valence-electron chi connectivity index (χ2n) is 10.1. The van der Waals surface area contributed by atoms with Crippen molar-refractivity contribution in [1.29, 1.82) is 0 Å². The van der Waals surface area contributed by atoms with Crippen LogP contribution in [0.5, 0.6) is 5.75 Å². The van der Waals surface area contributed by atoms with E-state index < -0.39 is 53.8 Å². The lowest BCUT2D eigenvalue weighted by Crippen LogP contribution is -2.57. The molecule has 0 aliphatic carbocycles. The number of primary amides is 1. The van der Waals surface area contributed by atoms with Gasteiger partial charge in [-0.3, -0.25) is 24.2 Å². The number of phenolic OH excluding ortho intramolecular Hbond substituents is 1. The Morgan fingerprint density at radius 1 is 0.727 bits per heavy atom. The van der Waals surface area contributed by atoms with Crippen LogP contribution < -0.4 is 38.9 Å². The number of carboxylic acid groups (broad SMARTS) is 1. The van der Waals surface area contributed by atoms with Gasteiger partial charge in [0.2, 0.25) is 23.6 Å². The van der Waals surface area contributed by atoms with Crippen molar-refractivity contribution in [3.8, 4) is 5.75 Å². The molecular formula is C29H40N8O7. The third kappa shape index (κ3) is 12.8. The minimum absolute atomic E-state index is 0.0139. The first kappa shape index (κ1) is 35.0. The highest BCUT2D eigenvalue weighted by Gasteiger charge is 2.30. The molecule has 2 rings (SSSR count). The van der Waals surface area contributed by atoms with E-state index in [4.69, 9.17) is 22.9 Å². The van der Waals surface area contributed by atoms with Gasteiger partial charge in [0.05, 0.1) is 6.04 Å². The average molecular weight is 613 g/mol. The molecule has 0 radical (unpaired) electrons. The Balaban J connectivity index is 2.20. The van der Waals surface area contributed by atoms with Crippen molar-refractivity contribution in [2.75, 3.05) is 6.54 Å². The SMILES string of the molecule is NC(=O)CCC(NC(=O)C(Cc1ccccc1)NC(=O)C(N)Cc1ccc(O)cc1)C(=O)NC(CCCN=C(N)N)C(=O)O. The number of hydrogen-bond acceptors (Lipinski definition) is 8. The van der Waals surface area contributed by atoms with Gasteiger partial charge in [0.15, 0.2) is 5.96 Å². The minimum Gasteiger partial charge on any atom is -0.508 e. The van der Waals surface area contributed by atoms with Gasteiger partial charge in [-0.15, -0.1) is 0 Å². The Labute approximate surface area is 254 Å². The first-order valence-corrected chi connectivity index (χ1v) is 13.9. The molecule has 0 saturated carbocycles. The zero-order valence-electron chi connectivity index (χ0n) is 24.1. The van der Waals surface area contributed by atoms with E-state index in [1.54, 1.807) is 42.5 Å². The topological polar surface area (TPSA) is 278 Å². The normalized spacial score (nSPS) is 13.4. The van der Waals surface area contributed by atoms with E-state index in [1.807, 2.05) is 0 Å². The van der Waals surface area contributed by atoms with Crippen LogP contribution in [0.4, 0.5) is 0 Å². The highest BCUT2D eigenvalue weighted by atomic mass is 16.4. The number of aromatic hydroxyl groups is 1. The molecule has 15 heteroatoms. The number of nitrogens with one attached hydrogen (secondary N) is 3. The van der Waals surface area contributed by atoms with E-state index in [2.05, 4.69) is 20.9 Å². The monoisotopic (exact) mass is 612 g/mol. The largest absolute Gasteiger partial charge is 0.508 e. The highest BCUT2D eigenvalue weighted by molar-refractivity contribution is 5.94. The van der Waals surface area contributed by atoms with Crippen molar-refractivity contribution in [2.24, 2.45) is 27.9 Å². The van der Waals surface area contributed by atoms with Crippen molar-refractivity contribution in [3.05, 3.63) is 65.7 Å². The Hall–Kier alpha value is -5.18. The molecule has 2 aromatic carbocycles. The quantitative estimate of drug-likeness (QED) is 0.0526. The molecule has 2 aromatic rings. The third-order valence-electron chi connectivity index (χ3n) is 6.52. The molecule has 0 aliphatic heterocycles. The summed E-state index contributed by atoms with van der Waals surface area (Å²) in [5.74, 6) is -4.42. The van der Waals surface area contributed by atoms with Crippen LogP contribution in [0.3, 0.4) is 0 Å². The number of carbonyl (C=O) groups excluding carboxylic acids is 4. The summed E-state index contributed by atoms with van der Waals surface area (Å²) >= 11 is 0. The van der Waals surface area contributed by atoms with Crippen LogP contribution >= 0.6 is 0 Å². The van der Waals surface area contributed by atoms with E-state index >= 15 is 0 Å².